The van der Waals surface area contributed by atoms with Gasteiger partial charge in [-0.15, -0.1) is 5.10 Å². The summed E-state index contributed by atoms with van der Waals surface area (Å²) in [4.78, 5) is 3.87. The van der Waals surface area contributed by atoms with Gasteiger partial charge in [0.15, 0.2) is 0 Å². The highest BCUT2D eigenvalue weighted by molar-refractivity contribution is 5.25. The van der Waals surface area contributed by atoms with Crippen molar-refractivity contribution in [2.24, 2.45) is 0 Å². The Morgan fingerprint density at radius 3 is 2.64 bits per heavy atom. The molecule has 0 bridgehead atoms. The maximum absolute atomic E-state index is 3.87. The summed E-state index contributed by atoms with van der Waals surface area (Å²) in [7, 11) is 0. The SMILES string of the molecule is c1cc(-n2cnnn2)ccn1. The average Bonchev–Trinajstić information content (AvgIpc) is 2.58. The first kappa shape index (κ1) is 5.96. The van der Waals surface area contributed by atoms with Crippen molar-refractivity contribution in [2.75, 3.05) is 0 Å². The highest BCUT2D eigenvalue weighted by atomic mass is 15.5. The Kier molecular flexibility index (Phi) is 1.33. The van der Waals surface area contributed by atoms with Gasteiger partial charge < -0.3 is 0 Å². The van der Waals surface area contributed by atoms with Crippen LogP contribution in [0.1, 0.15) is 0 Å². The van der Waals surface area contributed by atoms with E-state index in [-0.39, 0.29) is 0 Å². The van der Waals surface area contributed by atoms with Crippen molar-refractivity contribution in [2.45, 2.75) is 0 Å². The van der Waals surface area contributed by atoms with E-state index in [0.717, 1.165) is 5.69 Å². The van der Waals surface area contributed by atoms with Gasteiger partial charge in [0.25, 0.3) is 0 Å². The molecule has 5 nitrogen and oxygen atoms in total. The number of hydrogen-bond donors (Lipinski definition) is 0. The first-order valence-electron chi connectivity index (χ1n) is 3.10. The van der Waals surface area contributed by atoms with Crippen molar-refractivity contribution < 1.29 is 0 Å². The molecule has 5 heteroatoms. The zero-order valence-corrected chi connectivity index (χ0v) is 5.62. The van der Waals surface area contributed by atoms with Crippen LogP contribution in [-0.4, -0.2) is 25.2 Å². The smallest absolute Gasteiger partial charge is 0.143 e. The molecule has 0 N–H and O–H groups in total. The minimum absolute atomic E-state index is 0.907. The van der Waals surface area contributed by atoms with Crippen LogP contribution in [0.3, 0.4) is 0 Å². The lowest BCUT2D eigenvalue weighted by Crippen LogP contribution is -1.94. The molecule has 2 rings (SSSR count). The normalized spacial score (nSPS) is 9.82. The second kappa shape index (κ2) is 2.45. The number of rotatable bonds is 1. The van der Waals surface area contributed by atoms with Crippen LogP contribution in [0.2, 0.25) is 0 Å². The largest absolute Gasteiger partial charge is 0.265 e. The molecular formula is C6H5N5. The van der Waals surface area contributed by atoms with Gasteiger partial charge in [0.05, 0.1) is 5.69 Å². The minimum Gasteiger partial charge on any atom is -0.265 e. The third kappa shape index (κ3) is 1.07. The number of hydrogen-bond acceptors (Lipinski definition) is 4. The molecule has 0 radical (unpaired) electrons. The lowest BCUT2D eigenvalue weighted by Gasteiger charge is -1.94. The number of nitrogens with zero attached hydrogens (tertiary/aromatic N) is 5. The van der Waals surface area contributed by atoms with Crippen molar-refractivity contribution in [3.63, 3.8) is 0 Å². The molecule has 2 heterocycles. The standard InChI is InChI=1S/C6H5N5/c1-3-7-4-2-6(1)11-5-8-9-10-11/h1-5H. The van der Waals surface area contributed by atoms with Crippen LogP contribution in [0.15, 0.2) is 30.9 Å². The molecule has 0 saturated heterocycles. The van der Waals surface area contributed by atoms with Crippen LogP contribution in [0.25, 0.3) is 5.69 Å². The van der Waals surface area contributed by atoms with E-state index in [0.29, 0.717) is 0 Å². The molecule has 2 aromatic rings. The van der Waals surface area contributed by atoms with Crippen LogP contribution in [-0.2, 0) is 0 Å². The van der Waals surface area contributed by atoms with Gasteiger partial charge in [-0.05, 0) is 22.6 Å². The average molecular weight is 147 g/mol. The van der Waals surface area contributed by atoms with Crippen molar-refractivity contribution in [3.8, 4) is 5.69 Å². The Balaban J connectivity index is 2.46. The van der Waals surface area contributed by atoms with Gasteiger partial charge in [0.2, 0.25) is 0 Å². The summed E-state index contributed by atoms with van der Waals surface area (Å²) >= 11 is 0. The highest BCUT2D eigenvalue weighted by Gasteiger charge is 1.93. The molecule has 0 spiro atoms. The van der Waals surface area contributed by atoms with E-state index in [1.807, 2.05) is 12.1 Å². The van der Waals surface area contributed by atoms with Crippen LogP contribution in [0.4, 0.5) is 0 Å². The fourth-order valence-electron chi connectivity index (χ4n) is 0.776. The Bertz CT molecular complexity index is 314. The molecule has 0 saturated carbocycles. The van der Waals surface area contributed by atoms with Gasteiger partial charge in [-0.2, -0.15) is 0 Å². The van der Waals surface area contributed by atoms with Crippen LogP contribution >= 0.6 is 0 Å². The third-order valence-electron chi connectivity index (χ3n) is 1.28. The van der Waals surface area contributed by atoms with Gasteiger partial charge in [0.1, 0.15) is 6.33 Å². The molecule has 0 amide bonds. The Morgan fingerprint density at radius 1 is 1.18 bits per heavy atom. The maximum Gasteiger partial charge on any atom is 0.143 e. The van der Waals surface area contributed by atoms with Gasteiger partial charge in [-0.3, -0.25) is 4.98 Å². The summed E-state index contributed by atoms with van der Waals surface area (Å²) < 4.78 is 1.57. The molecule has 0 aliphatic carbocycles. The zero-order valence-electron chi connectivity index (χ0n) is 5.62. The lowest BCUT2D eigenvalue weighted by atomic mass is 10.4. The summed E-state index contributed by atoms with van der Waals surface area (Å²) in [6.45, 7) is 0. The number of pyridine rings is 1. The quantitative estimate of drug-likeness (QED) is 0.572. The predicted molar refractivity (Wildman–Crippen MR) is 36.9 cm³/mol. The molecule has 0 aromatic carbocycles. The second-order valence-corrected chi connectivity index (χ2v) is 1.96. The van der Waals surface area contributed by atoms with Gasteiger partial charge in [0, 0.05) is 12.4 Å². The molecule has 0 atom stereocenters. The summed E-state index contributed by atoms with van der Waals surface area (Å²) in [6, 6.07) is 3.66. The predicted octanol–water partition coefficient (Wildman–Crippen LogP) is 0.0573. The van der Waals surface area contributed by atoms with E-state index in [4.69, 9.17) is 0 Å². The second-order valence-electron chi connectivity index (χ2n) is 1.96. The molecule has 2 aromatic heterocycles. The Hall–Kier alpha value is -1.78. The van der Waals surface area contributed by atoms with E-state index in [1.54, 1.807) is 17.1 Å². The monoisotopic (exact) mass is 147 g/mol. The number of tetrazole rings is 1. The van der Waals surface area contributed by atoms with Gasteiger partial charge in [-0.25, -0.2) is 4.68 Å². The summed E-state index contributed by atoms with van der Waals surface area (Å²) in [5, 5.41) is 10.7. The first-order chi connectivity index (χ1) is 5.47. The van der Waals surface area contributed by atoms with Crippen molar-refractivity contribution in [3.05, 3.63) is 30.9 Å². The van der Waals surface area contributed by atoms with E-state index < -0.39 is 0 Å². The van der Waals surface area contributed by atoms with E-state index >= 15 is 0 Å². The molecule has 0 fully saturated rings. The fourth-order valence-corrected chi connectivity index (χ4v) is 0.776. The lowest BCUT2D eigenvalue weighted by molar-refractivity contribution is 0.788. The molecule has 0 aliphatic rings. The fraction of sp³-hybridized carbons (Fsp3) is 0. The summed E-state index contributed by atoms with van der Waals surface area (Å²) in [6.07, 6.45) is 4.92. The Morgan fingerprint density at radius 2 is 2.00 bits per heavy atom. The van der Waals surface area contributed by atoms with Gasteiger partial charge >= 0.3 is 0 Å². The van der Waals surface area contributed by atoms with Crippen molar-refractivity contribution in [1.82, 2.24) is 25.2 Å². The van der Waals surface area contributed by atoms with E-state index in [1.165, 1.54) is 6.33 Å². The van der Waals surface area contributed by atoms with Gasteiger partial charge in [-0.1, -0.05) is 0 Å². The van der Waals surface area contributed by atoms with E-state index in [9.17, 15) is 0 Å². The van der Waals surface area contributed by atoms with Crippen LogP contribution in [0, 0.1) is 0 Å². The van der Waals surface area contributed by atoms with Crippen molar-refractivity contribution >= 4 is 0 Å². The molecule has 0 unspecified atom stereocenters. The van der Waals surface area contributed by atoms with Crippen LogP contribution < -0.4 is 0 Å². The number of aromatic nitrogens is 5. The summed E-state index contributed by atoms with van der Waals surface area (Å²) in [5.41, 5.74) is 0.907. The third-order valence-corrected chi connectivity index (χ3v) is 1.28. The first-order valence-corrected chi connectivity index (χ1v) is 3.10. The summed E-state index contributed by atoms with van der Waals surface area (Å²) in [5.74, 6) is 0. The molecule has 11 heavy (non-hydrogen) atoms. The molecule has 0 aliphatic heterocycles. The van der Waals surface area contributed by atoms with E-state index in [2.05, 4.69) is 20.5 Å². The Labute approximate surface area is 62.7 Å². The minimum atomic E-state index is 0.907. The van der Waals surface area contributed by atoms with Crippen LogP contribution in [0.5, 0.6) is 0 Å². The highest BCUT2D eigenvalue weighted by Crippen LogP contribution is 1.99. The van der Waals surface area contributed by atoms with Crippen molar-refractivity contribution in [1.29, 1.82) is 0 Å². The zero-order chi connectivity index (χ0) is 7.52. The topological polar surface area (TPSA) is 56.5 Å². The molecular weight excluding hydrogens is 142 g/mol. The molecule has 54 valence electrons. The maximum atomic E-state index is 3.87.